The molecular weight excluding hydrogens is 237 g/mol. The van der Waals surface area contributed by atoms with Crippen LogP contribution < -0.4 is 16.2 Å². The van der Waals surface area contributed by atoms with E-state index in [9.17, 15) is 14.0 Å². The summed E-state index contributed by atoms with van der Waals surface area (Å²) in [6.45, 7) is 0.802. The number of halogens is 1. The molecule has 2 rings (SSSR count). The lowest BCUT2D eigenvalue weighted by Gasteiger charge is -2.11. The molecule has 1 aliphatic heterocycles. The van der Waals surface area contributed by atoms with E-state index in [2.05, 4.69) is 16.2 Å². The largest absolute Gasteiger partial charge is 0.306 e. The summed E-state index contributed by atoms with van der Waals surface area (Å²) in [5.74, 6) is -1.32. The highest BCUT2D eigenvalue weighted by atomic mass is 19.1. The summed E-state index contributed by atoms with van der Waals surface area (Å²) in [4.78, 5) is 23.2. The molecule has 2 amide bonds. The number of carbonyl (C=O) groups is 2. The van der Waals surface area contributed by atoms with Gasteiger partial charge in [-0.25, -0.2) is 4.39 Å². The van der Waals surface area contributed by atoms with Crippen LogP contribution in [0.2, 0.25) is 0 Å². The minimum Gasteiger partial charge on any atom is -0.306 e. The number of rotatable bonds is 2. The van der Waals surface area contributed by atoms with E-state index in [1.54, 1.807) is 0 Å². The van der Waals surface area contributed by atoms with Crippen LogP contribution in [0.4, 0.5) is 4.39 Å². The molecule has 1 aromatic carbocycles. The SMILES string of the molecule is O=C(NNC(=O)C1CCCN1)c1cccc(F)c1. The van der Waals surface area contributed by atoms with Crippen molar-refractivity contribution < 1.29 is 14.0 Å². The zero-order chi connectivity index (χ0) is 13.0. The summed E-state index contributed by atoms with van der Waals surface area (Å²) in [6, 6.07) is 4.99. The second-order valence-electron chi connectivity index (χ2n) is 4.10. The Kier molecular flexibility index (Phi) is 3.88. The van der Waals surface area contributed by atoms with E-state index >= 15 is 0 Å². The van der Waals surface area contributed by atoms with Gasteiger partial charge in [-0.2, -0.15) is 0 Å². The van der Waals surface area contributed by atoms with Crippen LogP contribution in [0.3, 0.4) is 0 Å². The van der Waals surface area contributed by atoms with E-state index < -0.39 is 11.7 Å². The molecule has 0 radical (unpaired) electrons. The molecule has 3 N–H and O–H groups in total. The molecule has 1 atom stereocenters. The van der Waals surface area contributed by atoms with Crippen molar-refractivity contribution in [2.45, 2.75) is 18.9 Å². The first-order valence-corrected chi connectivity index (χ1v) is 5.76. The second-order valence-corrected chi connectivity index (χ2v) is 4.10. The van der Waals surface area contributed by atoms with E-state index in [1.165, 1.54) is 18.2 Å². The fourth-order valence-corrected chi connectivity index (χ4v) is 1.82. The highest BCUT2D eigenvalue weighted by Gasteiger charge is 2.22. The molecule has 1 unspecified atom stereocenters. The fourth-order valence-electron chi connectivity index (χ4n) is 1.82. The van der Waals surface area contributed by atoms with Gasteiger partial charge in [0.15, 0.2) is 0 Å². The maximum absolute atomic E-state index is 12.9. The van der Waals surface area contributed by atoms with Crippen molar-refractivity contribution in [3.63, 3.8) is 0 Å². The first-order valence-electron chi connectivity index (χ1n) is 5.76. The molecule has 0 aromatic heterocycles. The quantitative estimate of drug-likeness (QED) is 0.664. The van der Waals surface area contributed by atoms with Crippen LogP contribution in [0.5, 0.6) is 0 Å². The Morgan fingerprint density at radius 2 is 2.17 bits per heavy atom. The van der Waals surface area contributed by atoms with Gasteiger partial charge in [-0.15, -0.1) is 0 Å². The molecule has 1 aromatic rings. The Hall–Kier alpha value is -1.95. The predicted molar refractivity (Wildman–Crippen MR) is 63.0 cm³/mol. The molecule has 1 aliphatic rings. The minimum atomic E-state index is -0.541. The molecule has 1 fully saturated rings. The first-order chi connectivity index (χ1) is 8.66. The number of hydrazine groups is 1. The fraction of sp³-hybridized carbons (Fsp3) is 0.333. The predicted octanol–water partition coefficient (Wildman–Crippen LogP) is 0.339. The third kappa shape index (κ3) is 3.04. The van der Waals surface area contributed by atoms with Gasteiger partial charge in [-0.3, -0.25) is 20.4 Å². The number of nitrogens with one attached hydrogen (secondary N) is 3. The Balaban J connectivity index is 1.86. The van der Waals surface area contributed by atoms with Crippen molar-refractivity contribution in [1.82, 2.24) is 16.2 Å². The number of benzene rings is 1. The molecular formula is C12H14FN3O2. The number of hydrogen-bond donors (Lipinski definition) is 3. The molecule has 0 aliphatic carbocycles. The summed E-state index contributed by atoms with van der Waals surface area (Å²) in [6.07, 6.45) is 1.69. The van der Waals surface area contributed by atoms with E-state index in [1.807, 2.05) is 0 Å². The third-order valence-corrected chi connectivity index (χ3v) is 2.76. The van der Waals surface area contributed by atoms with Gasteiger partial charge < -0.3 is 5.32 Å². The monoisotopic (exact) mass is 251 g/mol. The van der Waals surface area contributed by atoms with Crippen LogP contribution in [-0.4, -0.2) is 24.4 Å². The van der Waals surface area contributed by atoms with Crippen molar-refractivity contribution in [2.24, 2.45) is 0 Å². The van der Waals surface area contributed by atoms with Crippen molar-refractivity contribution in [2.75, 3.05) is 6.54 Å². The average Bonchev–Trinajstić information content (AvgIpc) is 2.89. The normalized spacial score (nSPS) is 18.4. The molecule has 18 heavy (non-hydrogen) atoms. The van der Waals surface area contributed by atoms with E-state index in [0.717, 1.165) is 25.5 Å². The molecule has 6 heteroatoms. The maximum atomic E-state index is 12.9. The van der Waals surface area contributed by atoms with Crippen LogP contribution in [0.1, 0.15) is 23.2 Å². The molecule has 0 spiro atoms. The highest BCUT2D eigenvalue weighted by Crippen LogP contribution is 2.05. The van der Waals surface area contributed by atoms with Crippen LogP contribution in [0, 0.1) is 5.82 Å². The summed E-state index contributed by atoms with van der Waals surface area (Å²) in [5.41, 5.74) is 4.74. The van der Waals surface area contributed by atoms with Crippen LogP contribution in [0.15, 0.2) is 24.3 Å². The summed E-state index contributed by atoms with van der Waals surface area (Å²) < 4.78 is 12.9. The van der Waals surface area contributed by atoms with Gasteiger partial charge >= 0.3 is 0 Å². The van der Waals surface area contributed by atoms with Gasteiger partial charge in [0.1, 0.15) is 5.82 Å². The molecule has 0 bridgehead atoms. The maximum Gasteiger partial charge on any atom is 0.269 e. The average molecular weight is 251 g/mol. The zero-order valence-electron chi connectivity index (χ0n) is 9.70. The van der Waals surface area contributed by atoms with Crippen LogP contribution in [-0.2, 0) is 4.79 Å². The van der Waals surface area contributed by atoms with Crippen molar-refractivity contribution >= 4 is 11.8 Å². The molecule has 0 saturated carbocycles. The van der Waals surface area contributed by atoms with Gasteiger partial charge in [0, 0.05) is 5.56 Å². The Labute approximate surface area is 104 Å². The van der Waals surface area contributed by atoms with Gasteiger partial charge in [0.25, 0.3) is 11.8 Å². The van der Waals surface area contributed by atoms with Crippen molar-refractivity contribution in [3.8, 4) is 0 Å². The lowest BCUT2D eigenvalue weighted by atomic mass is 10.2. The van der Waals surface area contributed by atoms with Gasteiger partial charge in [0.2, 0.25) is 0 Å². The second kappa shape index (κ2) is 5.59. The summed E-state index contributed by atoms with van der Waals surface area (Å²) in [7, 11) is 0. The highest BCUT2D eigenvalue weighted by molar-refractivity contribution is 5.95. The van der Waals surface area contributed by atoms with Gasteiger partial charge in [-0.1, -0.05) is 6.07 Å². The Morgan fingerprint density at radius 3 is 2.83 bits per heavy atom. The Morgan fingerprint density at radius 1 is 1.33 bits per heavy atom. The minimum absolute atomic E-state index is 0.162. The number of carbonyl (C=O) groups excluding carboxylic acids is 2. The number of amides is 2. The van der Waals surface area contributed by atoms with Crippen molar-refractivity contribution in [3.05, 3.63) is 35.6 Å². The standard InChI is InChI=1S/C12H14FN3O2/c13-9-4-1-3-8(7-9)11(17)15-16-12(18)10-5-2-6-14-10/h1,3-4,7,10,14H,2,5-6H2,(H,15,17)(H,16,18). The molecule has 96 valence electrons. The van der Waals surface area contributed by atoms with E-state index in [-0.39, 0.29) is 17.5 Å². The van der Waals surface area contributed by atoms with E-state index in [0.29, 0.717) is 0 Å². The van der Waals surface area contributed by atoms with Crippen LogP contribution in [0.25, 0.3) is 0 Å². The van der Waals surface area contributed by atoms with Gasteiger partial charge in [-0.05, 0) is 37.6 Å². The topological polar surface area (TPSA) is 70.2 Å². The summed E-state index contributed by atoms with van der Waals surface area (Å²) in [5, 5.41) is 3.01. The van der Waals surface area contributed by atoms with Crippen molar-refractivity contribution in [1.29, 1.82) is 0 Å². The molecule has 1 heterocycles. The first kappa shape index (κ1) is 12.5. The van der Waals surface area contributed by atoms with Gasteiger partial charge in [0.05, 0.1) is 6.04 Å². The van der Waals surface area contributed by atoms with Crippen LogP contribution >= 0.6 is 0 Å². The molecule has 1 saturated heterocycles. The lowest BCUT2D eigenvalue weighted by molar-refractivity contribution is -0.123. The zero-order valence-corrected chi connectivity index (χ0v) is 9.70. The van der Waals surface area contributed by atoms with E-state index in [4.69, 9.17) is 0 Å². The Bertz CT molecular complexity index is 458. The summed E-state index contributed by atoms with van der Waals surface area (Å²) >= 11 is 0. The lowest BCUT2D eigenvalue weighted by Crippen LogP contribution is -2.49. The number of hydrogen-bond acceptors (Lipinski definition) is 3. The third-order valence-electron chi connectivity index (χ3n) is 2.76. The smallest absolute Gasteiger partial charge is 0.269 e. The molecule has 5 nitrogen and oxygen atoms in total.